The lowest BCUT2D eigenvalue weighted by Crippen LogP contribution is -2.42. The van der Waals surface area contributed by atoms with Gasteiger partial charge in [0.25, 0.3) is 5.91 Å². The molecule has 5 heteroatoms. The molecule has 1 unspecified atom stereocenters. The molecule has 2 rings (SSSR count). The Hall–Kier alpha value is -1.65. The van der Waals surface area contributed by atoms with Gasteiger partial charge in [-0.25, -0.2) is 9.97 Å². The number of carbonyl (C=O) groups is 1. The van der Waals surface area contributed by atoms with Gasteiger partial charge in [0.05, 0.1) is 0 Å². The highest BCUT2D eigenvalue weighted by Crippen LogP contribution is 2.20. The predicted octanol–water partition coefficient (Wildman–Crippen LogP) is 2.65. The monoisotopic (exact) mass is 290 g/mol. The number of hydrogen-bond acceptors (Lipinski definition) is 4. The molecule has 116 valence electrons. The number of piperidine rings is 1. The molecule has 1 saturated heterocycles. The molecule has 21 heavy (non-hydrogen) atoms. The Labute approximate surface area is 127 Å². The minimum atomic E-state index is 0.0427. The molecule has 1 aliphatic rings. The van der Waals surface area contributed by atoms with Gasteiger partial charge in [0.15, 0.2) is 0 Å². The summed E-state index contributed by atoms with van der Waals surface area (Å²) in [6.07, 6.45) is 3.38. The van der Waals surface area contributed by atoms with E-state index in [-0.39, 0.29) is 5.91 Å². The second-order valence-corrected chi connectivity index (χ2v) is 5.71. The zero-order chi connectivity index (χ0) is 15.4. The maximum atomic E-state index is 12.7. The summed E-state index contributed by atoms with van der Waals surface area (Å²) in [6.45, 7) is 10.7. The predicted molar refractivity (Wildman–Crippen MR) is 84.7 cm³/mol. The second-order valence-electron chi connectivity index (χ2n) is 5.71. The molecule has 0 spiro atoms. The van der Waals surface area contributed by atoms with E-state index in [0.29, 0.717) is 17.7 Å². The Morgan fingerprint density at radius 2 is 2.05 bits per heavy atom. The van der Waals surface area contributed by atoms with Gasteiger partial charge in [0.2, 0.25) is 5.95 Å². The first-order chi connectivity index (χ1) is 10.1. The minimum Gasteiger partial charge on any atom is -0.341 e. The molecule has 0 N–H and O–H groups in total. The molecule has 0 saturated carbocycles. The summed E-state index contributed by atoms with van der Waals surface area (Å²) in [4.78, 5) is 25.7. The standard InChI is InChI=1S/C16H26N4O/c1-5-19(6-2)16-17-12(3)11-14(18-16)15(21)20-10-8-7-9-13(20)4/h11,13H,5-10H2,1-4H3. The zero-order valence-electron chi connectivity index (χ0n) is 13.6. The molecule has 1 aliphatic heterocycles. The number of aryl methyl sites for hydroxylation is 1. The number of likely N-dealkylation sites (tertiary alicyclic amines) is 1. The van der Waals surface area contributed by atoms with Gasteiger partial charge in [-0.2, -0.15) is 0 Å². The van der Waals surface area contributed by atoms with Crippen LogP contribution < -0.4 is 4.90 Å². The molecule has 1 atom stereocenters. The third-order valence-electron chi connectivity index (χ3n) is 4.17. The summed E-state index contributed by atoms with van der Waals surface area (Å²) in [5, 5.41) is 0. The quantitative estimate of drug-likeness (QED) is 0.855. The van der Waals surface area contributed by atoms with E-state index < -0.39 is 0 Å². The maximum absolute atomic E-state index is 12.7. The fraction of sp³-hybridized carbons (Fsp3) is 0.688. The van der Waals surface area contributed by atoms with Gasteiger partial charge in [0, 0.05) is 31.4 Å². The van der Waals surface area contributed by atoms with E-state index in [9.17, 15) is 4.79 Å². The number of nitrogens with zero attached hydrogens (tertiary/aromatic N) is 4. The lowest BCUT2D eigenvalue weighted by Gasteiger charge is -2.33. The third-order valence-corrected chi connectivity index (χ3v) is 4.17. The zero-order valence-corrected chi connectivity index (χ0v) is 13.6. The number of amides is 1. The van der Waals surface area contributed by atoms with Crippen molar-refractivity contribution in [2.45, 2.75) is 53.0 Å². The van der Waals surface area contributed by atoms with Crippen LogP contribution in [0.5, 0.6) is 0 Å². The molecule has 1 fully saturated rings. The normalized spacial score (nSPS) is 18.7. The lowest BCUT2D eigenvalue weighted by molar-refractivity contribution is 0.0629. The topological polar surface area (TPSA) is 49.3 Å². The van der Waals surface area contributed by atoms with Crippen LogP contribution in [0.15, 0.2) is 6.07 Å². The average Bonchev–Trinajstić information content (AvgIpc) is 2.48. The fourth-order valence-electron chi connectivity index (χ4n) is 2.86. The Morgan fingerprint density at radius 1 is 1.33 bits per heavy atom. The molecular formula is C16H26N4O. The van der Waals surface area contributed by atoms with Crippen molar-refractivity contribution in [1.29, 1.82) is 0 Å². The number of aromatic nitrogens is 2. The van der Waals surface area contributed by atoms with Crippen LogP contribution in [0.1, 0.15) is 56.2 Å². The number of hydrogen-bond donors (Lipinski definition) is 0. The SMILES string of the molecule is CCN(CC)c1nc(C)cc(C(=O)N2CCCCC2C)n1. The van der Waals surface area contributed by atoms with Crippen molar-refractivity contribution in [1.82, 2.24) is 14.9 Å². The Balaban J connectivity index is 2.28. The number of rotatable bonds is 4. The van der Waals surface area contributed by atoms with Crippen molar-refractivity contribution >= 4 is 11.9 Å². The van der Waals surface area contributed by atoms with Crippen LogP contribution in [-0.2, 0) is 0 Å². The van der Waals surface area contributed by atoms with Crippen LogP contribution in [-0.4, -0.2) is 46.5 Å². The van der Waals surface area contributed by atoms with Crippen molar-refractivity contribution in [2.24, 2.45) is 0 Å². The van der Waals surface area contributed by atoms with Crippen molar-refractivity contribution in [2.75, 3.05) is 24.5 Å². The van der Waals surface area contributed by atoms with Crippen molar-refractivity contribution < 1.29 is 4.79 Å². The Kier molecular flexibility index (Phi) is 5.15. The third kappa shape index (κ3) is 3.52. The molecule has 5 nitrogen and oxygen atoms in total. The van der Waals surface area contributed by atoms with Gasteiger partial charge in [-0.1, -0.05) is 0 Å². The van der Waals surface area contributed by atoms with Crippen LogP contribution in [0.25, 0.3) is 0 Å². The summed E-state index contributed by atoms with van der Waals surface area (Å²) < 4.78 is 0. The maximum Gasteiger partial charge on any atom is 0.272 e. The molecule has 1 amide bonds. The summed E-state index contributed by atoms with van der Waals surface area (Å²) in [6, 6.07) is 2.11. The smallest absolute Gasteiger partial charge is 0.272 e. The summed E-state index contributed by atoms with van der Waals surface area (Å²) in [7, 11) is 0. The van der Waals surface area contributed by atoms with Crippen molar-refractivity contribution in [3.63, 3.8) is 0 Å². The van der Waals surface area contributed by atoms with Gasteiger partial charge in [0.1, 0.15) is 5.69 Å². The van der Waals surface area contributed by atoms with Gasteiger partial charge < -0.3 is 9.80 Å². The summed E-state index contributed by atoms with van der Waals surface area (Å²) >= 11 is 0. The Bertz CT molecular complexity index is 499. The van der Waals surface area contributed by atoms with E-state index in [4.69, 9.17) is 0 Å². The van der Waals surface area contributed by atoms with Crippen LogP contribution in [0.2, 0.25) is 0 Å². The largest absolute Gasteiger partial charge is 0.341 e. The highest BCUT2D eigenvalue weighted by molar-refractivity contribution is 5.93. The average molecular weight is 290 g/mol. The molecule has 0 aliphatic carbocycles. The highest BCUT2D eigenvalue weighted by atomic mass is 16.2. The molecular weight excluding hydrogens is 264 g/mol. The summed E-state index contributed by atoms with van der Waals surface area (Å²) in [5.41, 5.74) is 1.37. The Morgan fingerprint density at radius 3 is 2.67 bits per heavy atom. The van der Waals surface area contributed by atoms with Crippen LogP contribution in [0.3, 0.4) is 0 Å². The first-order valence-electron chi connectivity index (χ1n) is 7.98. The van der Waals surface area contributed by atoms with Crippen LogP contribution in [0, 0.1) is 6.92 Å². The molecule has 0 aromatic carbocycles. The van der Waals surface area contributed by atoms with E-state index in [1.165, 1.54) is 6.42 Å². The lowest BCUT2D eigenvalue weighted by atomic mass is 10.0. The van der Waals surface area contributed by atoms with E-state index in [1.54, 1.807) is 6.07 Å². The van der Waals surface area contributed by atoms with Crippen LogP contribution >= 0.6 is 0 Å². The van der Waals surface area contributed by atoms with Crippen molar-refractivity contribution in [3.05, 3.63) is 17.5 Å². The van der Waals surface area contributed by atoms with E-state index in [2.05, 4.69) is 35.6 Å². The molecule has 1 aromatic heterocycles. The summed E-state index contributed by atoms with van der Waals surface area (Å²) in [5.74, 6) is 0.703. The fourth-order valence-corrected chi connectivity index (χ4v) is 2.86. The number of anilines is 1. The molecule has 0 radical (unpaired) electrons. The minimum absolute atomic E-state index is 0.0427. The van der Waals surface area contributed by atoms with E-state index in [1.807, 2.05) is 11.8 Å². The first-order valence-corrected chi connectivity index (χ1v) is 7.98. The second kappa shape index (κ2) is 6.87. The molecule has 2 heterocycles. The van der Waals surface area contributed by atoms with Gasteiger partial charge in [-0.3, -0.25) is 4.79 Å². The molecule has 0 bridgehead atoms. The highest BCUT2D eigenvalue weighted by Gasteiger charge is 2.26. The number of carbonyl (C=O) groups excluding carboxylic acids is 1. The first kappa shape index (κ1) is 15.7. The van der Waals surface area contributed by atoms with E-state index >= 15 is 0 Å². The van der Waals surface area contributed by atoms with Crippen molar-refractivity contribution in [3.8, 4) is 0 Å². The molecule has 1 aromatic rings. The van der Waals surface area contributed by atoms with Gasteiger partial charge in [-0.05, 0) is 53.0 Å². The van der Waals surface area contributed by atoms with Gasteiger partial charge >= 0.3 is 0 Å². The van der Waals surface area contributed by atoms with E-state index in [0.717, 1.165) is 38.2 Å². The van der Waals surface area contributed by atoms with Crippen LogP contribution in [0.4, 0.5) is 5.95 Å². The van der Waals surface area contributed by atoms with Gasteiger partial charge in [-0.15, -0.1) is 0 Å².